The lowest BCUT2D eigenvalue weighted by atomic mass is 9.95. The highest BCUT2D eigenvalue weighted by Crippen LogP contribution is 2.31. The molecule has 0 bridgehead atoms. The summed E-state index contributed by atoms with van der Waals surface area (Å²) in [6, 6.07) is 12.0. The molecule has 1 saturated heterocycles. The molecule has 1 fully saturated rings. The van der Waals surface area contributed by atoms with Crippen molar-refractivity contribution >= 4 is 33.2 Å². The van der Waals surface area contributed by atoms with Gasteiger partial charge >= 0.3 is 0 Å². The van der Waals surface area contributed by atoms with E-state index in [1.54, 1.807) is 0 Å². The predicted molar refractivity (Wildman–Crippen MR) is 86.3 cm³/mol. The minimum absolute atomic E-state index is 0.149. The Bertz CT molecular complexity index is 588. The average molecular weight is 350 g/mol. The van der Waals surface area contributed by atoms with Gasteiger partial charge in [-0.2, -0.15) is 0 Å². The molecule has 1 amide bonds. The molecule has 104 valence electrons. The maximum absolute atomic E-state index is 12.5. The molecule has 20 heavy (non-hydrogen) atoms. The summed E-state index contributed by atoms with van der Waals surface area (Å²) >= 11 is 5.25. The van der Waals surface area contributed by atoms with E-state index >= 15 is 0 Å². The topological polar surface area (TPSA) is 20.3 Å². The molecular formula is C16H16BrNOS. The van der Waals surface area contributed by atoms with Crippen molar-refractivity contribution in [2.75, 3.05) is 13.1 Å². The highest BCUT2D eigenvalue weighted by Gasteiger charge is 2.24. The fourth-order valence-corrected chi connectivity index (χ4v) is 3.99. The zero-order chi connectivity index (χ0) is 13.9. The highest BCUT2D eigenvalue weighted by atomic mass is 79.9. The summed E-state index contributed by atoms with van der Waals surface area (Å²) in [6.07, 6.45) is 2.14. The molecule has 0 aliphatic carbocycles. The average Bonchev–Trinajstić information content (AvgIpc) is 3.01. The van der Waals surface area contributed by atoms with Gasteiger partial charge in [-0.15, -0.1) is 11.3 Å². The van der Waals surface area contributed by atoms with Crippen LogP contribution >= 0.6 is 27.3 Å². The second-order valence-corrected chi connectivity index (χ2v) is 6.99. The number of likely N-dealkylation sites (tertiary alicyclic amines) is 1. The van der Waals surface area contributed by atoms with Gasteiger partial charge in [0.05, 0.1) is 0 Å². The normalized spacial score (nSPS) is 16.4. The Morgan fingerprint density at radius 3 is 2.65 bits per heavy atom. The third-order valence-electron chi connectivity index (χ3n) is 3.80. The van der Waals surface area contributed by atoms with Crippen molar-refractivity contribution in [1.29, 1.82) is 0 Å². The monoisotopic (exact) mass is 349 g/mol. The number of thiophene rings is 1. The van der Waals surface area contributed by atoms with Crippen LogP contribution in [0.5, 0.6) is 0 Å². The van der Waals surface area contributed by atoms with Crippen LogP contribution in [0.1, 0.15) is 34.0 Å². The van der Waals surface area contributed by atoms with Crippen molar-refractivity contribution in [2.24, 2.45) is 0 Å². The van der Waals surface area contributed by atoms with Crippen molar-refractivity contribution in [3.05, 3.63) is 56.7 Å². The number of carbonyl (C=O) groups is 1. The van der Waals surface area contributed by atoms with Gasteiger partial charge in [0.2, 0.25) is 0 Å². The van der Waals surface area contributed by atoms with Gasteiger partial charge in [-0.3, -0.25) is 4.79 Å². The molecule has 1 aliphatic heterocycles. The maximum Gasteiger partial charge on any atom is 0.253 e. The molecule has 0 unspecified atom stereocenters. The van der Waals surface area contributed by atoms with Crippen molar-refractivity contribution in [3.63, 3.8) is 0 Å². The van der Waals surface area contributed by atoms with Crippen LogP contribution in [-0.4, -0.2) is 23.9 Å². The van der Waals surface area contributed by atoms with Gasteiger partial charge in [0.15, 0.2) is 0 Å². The largest absolute Gasteiger partial charge is 0.339 e. The molecule has 0 spiro atoms. The quantitative estimate of drug-likeness (QED) is 0.779. The van der Waals surface area contributed by atoms with Crippen LogP contribution < -0.4 is 0 Å². The van der Waals surface area contributed by atoms with Crippen LogP contribution in [0.4, 0.5) is 0 Å². The maximum atomic E-state index is 12.5. The van der Waals surface area contributed by atoms with Gasteiger partial charge in [0, 0.05) is 28.0 Å². The summed E-state index contributed by atoms with van der Waals surface area (Å²) in [6.45, 7) is 1.71. The fraction of sp³-hybridized carbons (Fsp3) is 0.312. The van der Waals surface area contributed by atoms with E-state index in [2.05, 4.69) is 33.4 Å². The lowest BCUT2D eigenvalue weighted by molar-refractivity contribution is 0.0713. The SMILES string of the molecule is O=C(c1cccc(Br)c1)N1CCC(c2cccs2)CC1. The van der Waals surface area contributed by atoms with Crippen LogP contribution in [0, 0.1) is 0 Å². The van der Waals surface area contributed by atoms with E-state index in [0.717, 1.165) is 36.0 Å². The second kappa shape index (κ2) is 6.10. The molecule has 3 rings (SSSR count). The first kappa shape index (κ1) is 13.8. The first-order valence-corrected chi connectivity index (χ1v) is 8.49. The number of benzene rings is 1. The van der Waals surface area contributed by atoms with Crippen molar-refractivity contribution in [3.8, 4) is 0 Å². The molecule has 2 heterocycles. The van der Waals surface area contributed by atoms with Crippen molar-refractivity contribution in [1.82, 2.24) is 4.90 Å². The third-order valence-corrected chi connectivity index (χ3v) is 5.33. The molecule has 1 aromatic heterocycles. The highest BCUT2D eigenvalue weighted by molar-refractivity contribution is 9.10. The summed E-state index contributed by atoms with van der Waals surface area (Å²) in [5.41, 5.74) is 0.772. The Hall–Kier alpha value is -1.13. The molecule has 0 atom stereocenters. The number of halogens is 1. The first-order chi connectivity index (χ1) is 9.74. The van der Waals surface area contributed by atoms with E-state index < -0.39 is 0 Å². The second-order valence-electron chi connectivity index (χ2n) is 5.09. The summed E-state index contributed by atoms with van der Waals surface area (Å²) in [5.74, 6) is 0.775. The van der Waals surface area contributed by atoms with Gasteiger partial charge in [-0.25, -0.2) is 0 Å². The van der Waals surface area contributed by atoms with E-state index in [4.69, 9.17) is 0 Å². The van der Waals surface area contributed by atoms with Gasteiger partial charge in [0.1, 0.15) is 0 Å². The Balaban J connectivity index is 1.65. The van der Waals surface area contributed by atoms with Crippen molar-refractivity contribution < 1.29 is 4.79 Å². The van der Waals surface area contributed by atoms with E-state index in [9.17, 15) is 4.79 Å². The number of hydrogen-bond donors (Lipinski definition) is 0. The standard InChI is InChI=1S/C16H16BrNOS/c17-14-4-1-3-13(11-14)16(19)18-8-6-12(7-9-18)15-5-2-10-20-15/h1-5,10-12H,6-9H2. The number of carbonyl (C=O) groups excluding carboxylic acids is 1. The van der Waals surface area contributed by atoms with E-state index in [1.807, 2.05) is 40.5 Å². The summed E-state index contributed by atoms with van der Waals surface area (Å²) in [7, 11) is 0. The van der Waals surface area contributed by atoms with Gasteiger partial charge in [-0.05, 0) is 48.4 Å². The van der Waals surface area contributed by atoms with Gasteiger partial charge < -0.3 is 4.90 Å². The minimum Gasteiger partial charge on any atom is -0.339 e. The van der Waals surface area contributed by atoms with E-state index in [0.29, 0.717) is 5.92 Å². The van der Waals surface area contributed by atoms with E-state index in [1.165, 1.54) is 4.88 Å². The zero-order valence-corrected chi connectivity index (χ0v) is 13.5. The Labute approximate surface area is 131 Å². The Kier molecular flexibility index (Phi) is 4.22. The van der Waals surface area contributed by atoms with E-state index in [-0.39, 0.29) is 5.91 Å². The van der Waals surface area contributed by atoms with Gasteiger partial charge in [0.25, 0.3) is 5.91 Å². The molecule has 1 aliphatic rings. The summed E-state index contributed by atoms with van der Waals surface area (Å²) in [4.78, 5) is 15.9. The predicted octanol–water partition coefficient (Wildman–Crippen LogP) is 4.53. The summed E-state index contributed by atoms with van der Waals surface area (Å²) < 4.78 is 0.955. The zero-order valence-electron chi connectivity index (χ0n) is 11.1. The fourth-order valence-electron chi connectivity index (χ4n) is 2.69. The van der Waals surface area contributed by atoms with Crippen LogP contribution in [0.25, 0.3) is 0 Å². The molecule has 0 radical (unpaired) electrons. The number of rotatable bonds is 2. The third kappa shape index (κ3) is 2.96. The molecular weight excluding hydrogens is 334 g/mol. The molecule has 0 N–H and O–H groups in total. The van der Waals surface area contributed by atoms with Crippen LogP contribution in [-0.2, 0) is 0 Å². The minimum atomic E-state index is 0.149. The van der Waals surface area contributed by atoms with Crippen LogP contribution in [0.3, 0.4) is 0 Å². The molecule has 1 aromatic carbocycles. The van der Waals surface area contributed by atoms with Gasteiger partial charge in [-0.1, -0.05) is 28.1 Å². The smallest absolute Gasteiger partial charge is 0.253 e. The Morgan fingerprint density at radius 1 is 1.20 bits per heavy atom. The Morgan fingerprint density at radius 2 is 2.00 bits per heavy atom. The number of hydrogen-bond acceptors (Lipinski definition) is 2. The molecule has 2 aromatic rings. The molecule has 2 nitrogen and oxygen atoms in total. The molecule has 4 heteroatoms. The number of amides is 1. The number of nitrogens with zero attached hydrogens (tertiary/aromatic N) is 1. The number of piperidine rings is 1. The van der Waals surface area contributed by atoms with Crippen LogP contribution in [0.15, 0.2) is 46.3 Å². The summed E-state index contributed by atoms with van der Waals surface area (Å²) in [5, 5.41) is 2.13. The van der Waals surface area contributed by atoms with Crippen LogP contribution in [0.2, 0.25) is 0 Å². The first-order valence-electron chi connectivity index (χ1n) is 6.82. The molecule has 0 saturated carbocycles. The lowest BCUT2D eigenvalue weighted by Gasteiger charge is -2.31. The van der Waals surface area contributed by atoms with Crippen molar-refractivity contribution in [2.45, 2.75) is 18.8 Å². The lowest BCUT2D eigenvalue weighted by Crippen LogP contribution is -2.37.